The number of hydrogen-bond acceptors (Lipinski definition) is 3. The highest BCUT2D eigenvalue weighted by molar-refractivity contribution is 5.56. The fourth-order valence-electron chi connectivity index (χ4n) is 1.67. The Hall–Kier alpha value is -1.81. The van der Waals surface area contributed by atoms with Crippen molar-refractivity contribution in [3.05, 3.63) is 47.5 Å². The highest BCUT2D eigenvalue weighted by atomic mass is 19.1. The standard InChI is InChI=1S/C14H16FN3/c1-3-16-9-12-6-7-17-14(18-12)11-4-5-13(15)10(2)8-11/h4-8,16H,3,9H2,1-2H3. The SMILES string of the molecule is CCNCc1ccnc(-c2ccc(F)c(C)c2)n1. The van der Waals surface area contributed by atoms with Gasteiger partial charge in [-0.05, 0) is 43.3 Å². The number of rotatable bonds is 4. The molecule has 94 valence electrons. The average molecular weight is 245 g/mol. The molecule has 3 nitrogen and oxygen atoms in total. The van der Waals surface area contributed by atoms with Crippen LogP contribution in [0.3, 0.4) is 0 Å². The molecule has 0 spiro atoms. The van der Waals surface area contributed by atoms with E-state index in [0.29, 0.717) is 17.9 Å². The second-order valence-electron chi connectivity index (χ2n) is 4.12. The normalized spacial score (nSPS) is 10.6. The molecule has 18 heavy (non-hydrogen) atoms. The minimum atomic E-state index is -0.206. The maximum atomic E-state index is 13.2. The average Bonchev–Trinajstić information content (AvgIpc) is 2.40. The number of nitrogens with zero attached hydrogens (tertiary/aromatic N) is 2. The first-order valence-corrected chi connectivity index (χ1v) is 6.00. The molecule has 0 fully saturated rings. The van der Waals surface area contributed by atoms with Gasteiger partial charge in [-0.1, -0.05) is 6.92 Å². The first kappa shape index (κ1) is 12.6. The maximum absolute atomic E-state index is 13.2. The number of nitrogens with one attached hydrogen (secondary N) is 1. The quantitative estimate of drug-likeness (QED) is 0.900. The number of benzene rings is 1. The second kappa shape index (κ2) is 5.69. The Labute approximate surface area is 106 Å². The number of halogens is 1. The molecular weight excluding hydrogens is 229 g/mol. The van der Waals surface area contributed by atoms with E-state index in [-0.39, 0.29) is 5.82 Å². The van der Waals surface area contributed by atoms with Crippen LogP contribution in [0.2, 0.25) is 0 Å². The van der Waals surface area contributed by atoms with Crippen molar-refractivity contribution in [3.63, 3.8) is 0 Å². The van der Waals surface area contributed by atoms with E-state index >= 15 is 0 Å². The van der Waals surface area contributed by atoms with Crippen LogP contribution in [0.4, 0.5) is 4.39 Å². The minimum Gasteiger partial charge on any atom is -0.311 e. The molecule has 0 aliphatic rings. The highest BCUT2D eigenvalue weighted by Gasteiger charge is 2.05. The fraction of sp³-hybridized carbons (Fsp3) is 0.286. The van der Waals surface area contributed by atoms with Crippen molar-refractivity contribution < 1.29 is 4.39 Å². The molecule has 0 radical (unpaired) electrons. The molecule has 0 aliphatic carbocycles. The predicted molar refractivity (Wildman–Crippen MR) is 69.5 cm³/mol. The molecule has 4 heteroatoms. The van der Waals surface area contributed by atoms with Crippen molar-refractivity contribution in [2.24, 2.45) is 0 Å². The summed E-state index contributed by atoms with van der Waals surface area (Å²) in [4.78, 5) is 8.68. The van der Waals surface area contributed by atoms with Crippen molar-refractivity contribution >= 4 is 0 Å². The number of aromatic nitrogens is 2. The van der Waals surface area contributed by atoms with Crippen LogP contribution in [-0.4, -0.2) is 16.5 Å². The van der Waals surface area contributed by atoms with Gasteiger partial charge in [0.05, 0.1) is 5.69 Å². The summed E-state index contributed by atoms with van der Waals surface area (Å²) >= 11 is 0. The lowest BCUT2D eigenvalue weighted by Gasteiger charge is -2.05. The molecule has 1 N–H and O–H groups in total. The lowest BCUT2D eigenvalue weighted by Crippen LogP contribution is -2.13. The first-order chi connectivity index (χ1) is 8.70. The Balaban J connectivity index is 2.29. The van der Waals surface area contributed by atoms with Gasteiger partial charge in [0.15, 0.2) is 5.82 Å². The van der Waals surface area contributed by atoms with Crippen LogP contribution in [0.25, 0.3) is 11.4 Å². The summed E-state index contributed by atoms with van der Waals surface area (Å²) in [7, 11) is 0. The monoisotopic (exact) mass is 245 g/mol. The molecule has 0 aliphatic heterocycles. The van der Waals surface area contributed by atoms with Gasteiger partial charge in [0.25, 0.3) is 0 Å². The zero-order valence-electron chi connectivity index (χ0n) is 10.6. The summed E-state index contributed by atoms with van der Waals surface area (Å²) in [6, 6.07) is 6.80. The van der Waals surface area contributed by atoms with E-state index in [0.717, 1.165) is 17.8 Å². The smallest absolute Gasteiger partial charge is 0.159 e. The van der Waals surface area contributed by atoms with Gasteiger partial charge < -0.3 is 5.32 Å². The third kappa shape index (κ3) is 2.90. The third-order valence-electron chi connectivity index (χ3n) is 2.69. The van der Waals surface area contributed by atoms with Crippen molar-refractivity contribution in [2.45, 2.75) is 20.4 Å². The molecule has 0 unspecified atom stereocenters. The zero-order chi connectivity index (χ0) is 13.0. The van der Waals surface area contributed by atoms with Crippen LogP contribution >= 0.6 is 0 Å². The molecule has 1 aromatic carbocycles. The van der Waals surface area contributed by atoms with Crippen LogP contribution in [-0.2, 0) is 6.54 Å². The van der Waals surface area contributed by atoms with E-state index in [4.69, 9.17) is 0 Å². The van der Waals surface area contributed by atoms with Crippen LogP contribution in [0.5, 0.6) is 0 Å². The molecule has 0 atom stereocenters. The molecule has 0 saturated heterocycles. The van der Waals surface area contributed by atoms with Crippen LogP contribution in [0.1, 0.15) is 18.2 Å². The highest BCUT2D eigenvalue weighted by Crippen LogP contribution is 2.18. The van der Waals surface area contributed by atoms with Crippen LogP contribution < -0.4 is 5.32 Å². The van der Waals surface area contributed by atoms with E-state index in [1.807, 2.05) is 13.0 Å². The van der Waals surface area contributed by atoms with E-state index in [1.165, 1.54) is 6.07 Å². The Morgan fingerprint density at radius 3 is 2.83 bits per heavy atom. The van der Waals surface area contributed by atoms with Crippen molar-refractivity contribution in [1.29, 1.82) is 0 Å². The van der Waals surface area contributed by atoms with Crippen molar-refractivity contribution in [3.8, 4) is 11.4 Å². The van der Waals surface area contributed by atoms with Crippen molar-refractivity contribution in [1.82, 2.24) is 15.3 Å². The fourth-order valence-corrected chi connectivity index (χ4v) is 1.67. The van der Waals surface area contributed by atoms with Gasteiger partial charge in [-0.2, -0.15) is 0 Å². The number of aryl methyl sites for hydroxylation is 1. The van der Waals surface area contributed by atoms with Crippen LogP contribution in [0.15, 0.2) is 30.5 Å². The molecule has 1 heterocycles. The lowest BCUT2D eigenvalue weighted by atomic mass is 10.1. The van der Waals surface area contributed by atoms with E-state index in [2.05, 4.69) is 15.3 Å². The summed E-state index contributed by atoms with van der Waals surface area (Å²) in [5.74, 6) is 0.427. The van der Waals surface area contributed by atoms with Gasteiger partial charge in [-0.15, -0.1) is 0 Å². The van der Waals surface area contributed by atoms with E-state index < -0.39 is 0 Å². The van der Waals surface area contributed by atoms with Crippen LogP contribution in [0, 0.1) is 12.7 Å². The summed E-state index contributed by atoms with van der Waals surface area (Å²) in [5.41, 5.74) is 2.38. The first-order valence-electron chi connectivity index (χ1n) is 6.00. The molecule has 0 saturated carbocycles. The molecule has 2 aromatic rings. The van der Waals surface area contributed by atoms with Gasteiger partial charge in [0, 0.05) is 18.3 Å². The minimum absolute atomic E-state index is 0.206. The topological polar surface area (TPSA) is 37.8 Å². The number of hydrogen-bond donors (Lipinski definition) is 1. The van der Waals surface area contributed by atoms with E-state index in [9.17, 15) is 4.39 Å². The second-order valence-corrected chi connectivity index (χ2v) is 4.12. The van der Waals surface area contributed by atoms with Gasteiger partial charge in [0.2, 0.25) is 0 Å². The molecule has 0 bridgehead atoms. The zero-order valence-corrected chi connectivity index (χ0v) is 10.6. The van der Waals surface area contributed by atoms with Gasteiger partial charge >= 0.3 is 0 Å². The molecule has 0 amide bonds. The lowest BCUT2D eigenvalue weighted by molar-refractivity contribution is 0.618. The van der Waals surface area contributed by atoms with Gasteiger partial charge in [-0.3, -0.25) is 0 Å². The summed E-state index contributed by atoms with van der Waals surface area (Å²) in [5, 5.41) is 3.21. The largest absolute Gasteiger partial charge is 0.311 e. The molecular formula is C14H16FN3. The Morgan fingerprint density at radius 2 is 2.11 bits per heavy atom. The Bertz CT molecular complexity index is 540. The Morgan fingerprint density at radius 1 is 1.28 bits per heavy atom. The van der Waals surface area contributed by atoms with Gasteiger partial charge in [-0.25, -0.2) is 14.4 Å². The summed E-state index contributed by atoms with van der Waals surface area (Å²) in [6.45, 7) is 5.40. The Kier molecular flexibility index (Phi) is 3.99. The molecule has 1 aromatic heterocycles. The maximum Gasteiger partial charge on any atom is 0.159 e. The van der Waals surface area contributed by atoms with E-state index in [1.54, 1.807) is 25.3 Å². The summed E-state index contributed by atoms with van der Waals surface area (Å²) in [6.07, 6.45) is 1.73. The molecule has 2 rings (SSSR count). The van der Waals surface area contributed by atoms with Crippen molar-refractivity contribution in [2.75, 3.05) is 6.54 Å². The third-order valence-corrected chi connectivity index (χ3v) is 2.69. The predicted octanol–water partition coefficient (Wildman–Crippen LogP) is 2.70. The summed E-state index contributed by atoms with van der Waals surface area (Å²) < 4.78 is 13.2. The van der Waals surface area contributed by atoms with Gasteiger partial charge in [0.1, 0.15) is 5.82 Å².